The molecule has 3 heteroatoms. The number of hydrogen-bond acceptors (Lipinski definition) is 3. The third kappa shape index (κ3) is 5.12. The van der Waals surface area contributed by atoms with Gasteiger partial charge in [0.2, 0.25) is 0 Å². The molecule has 1 rings (SSSR count). The van der Waals surface area contributed by atoms with Gasteiger partial charge in [-0.15, -0.1) is 0 Å². The van der Waals surface area contributed by atoms with Gasteiger partial charge in [-0.1, -0.05) is 19.9 Å². The molecule has 0 unspecified atom stereocenters. The molecule has 0 aliphatic rings. The predicted octanol–water partition coefficient (Wildman–Crippen LogP) is 2.65. The van der Waals surface area contributed by atoms with Gasteiger partial charge in [-0.05, 0) is 38.4 Å². The van der Waals surface area contributed by atoms with Crippen LogP contribution < -0.4 is 10.6 Å². The average Bonchev–Trinajstić information content (AvgIpc) is 2.16. The van der Waals surface area contributed by atoms with Crippen molar-refractivity contribution >= 4 is 5.82 Å². The van der Waals surface area contributed by atoms with E-state index in [4.69, 9.17) is 0 Å². The van der Waals surface area contributed by atoms with Gasteiger partial charge in [-0.3, -0.25) is 0 Å². The maximum Gasteiger partial charge on any atom is 0.126 e. The number of nitrogens with zero attached hydrogens (tertiary/aromatic N) is 1. The molecular weight excluding hydrogens is 198 g/mol. The van der Waals surface area contributed by atoms with Crippen LogP contribution in [0.25, 0.3) is 0 Å². The van der Waals surface area contributed by atoms with Gasteiger partial charge >= 0.3 is 0 Å². The highest BCUT2D eigenvalue weighted by molar-refractivity contribution is 5.35. The summed E-state index contributed by atoms with van der Waals surface area (Å²) in [6.07, 6.45) is 0. The van der Waals surface area contributed by atoms with E-state index in [-0.39, 0.29) is 0 Å². The van der Waals surface area contributed by atoms with Gasteiger partial charge in [-0.25, -0.2) is 4.98 Å². The first-order valence-electron chi connectivity index (χ1n) is 6.01. The van der Waals surface area contributed by atoms with Crippen molar-refractivity contribution in [3.63, 3.8) is 0 Å². The molecule has 1 aromatic heterocycles. The normalized spacial score (nSPS) is 11.1. The van der Waals surface area contributed by atoms with E-state index < -0.39 is 0 Å². The summed E-state index contributed by atoms with van der Waals surface area (Å²) in [6.45, 7) is 10.5. The van der Waals surface area contributed by atoms with Crippen LogP contribution >= 0.6 is 0 Å². The number of rotatable bonds is 6. The SMILES string of the molecule is CC(C)CNCc1cccc(NC(C)C)n1. The fourth-order valence-corrected chi connectivity index (χ4v) is 1.44. The minimum atomic E-state index is 0.423. The first-order chi connectivity index (χ1) is 7.58. The van der Waals surface area contributed by atoms with Crippen LogP contribution in [0.1, 0.15) is 33.4 Å². The minimum Gasteiger partial charge on any atom is -0.368 e. The number of pyridine rings is 1. The predicted molar refractivity (Wildman–Crippen MR) is 69.5 cm³/mol. The molecule has 1 aromatic rings. The topological polar surface area (TPSA) is 37.0 Å². The van der Waals surface area contributed by atoms with Crippen LogP contribution in [0.5, 0.6) is 0 Å². The van der Waals surface area contributed by atoms with Gasteiger partial charge in [0.05, 0.1) is 5.69 Å². The molecular formula is C13H23N3. The summed E-state index contributed by atoms with van der Waals surface area (Å²) in [6, 6.07) is 6.53. The average molecular weight is 221 g/mol. The highest BCUT2D eigenvalue weighted by atomic mass is 15.0. The second-order valence-electron chi connectivity index (χ2n) is 4.84. The summed E-state index contributed by atoms with van der Waals surface area (Å²) < 4.78 is 0. The summed E-state index contributed by atoms with van der Waals surface area (Å²) in [5.74, 6) is 1.64. The maximum atomic E-state index is 4.54. The molecule has 0 aliphatic heterocycles. The van der Waals surface area contributed by atoms with Crippen LogP contribution in [0.15, 0.2) is 18.2 Å². The van der Waals surface area contributed by atoms with Crippen LogP contribution in [0, 0.1) is 5.92 Å². The fourth-order valence-electron chi connectivity index (χ4n) is 1.44. The lowest BCUT2D eigenvalue weighted by Gasteiger charge is -2.11. The zero-order valence-electron chi connectivity index (χ0n) is 10.7. The summed E-state index contributed by atoms with van der Waals surface area (Å²) in [4.78, 5) is 4.54. The molecule has 16 heavy (non-hydrogen) atoms. The molecule has 1 heterocycles. The third-order valence-electron chi connectivity index (χ3n) is 2.10. The molecule has 0 aliphatic carbocycles. The van der Waals surface area contributed by atoms with Crippen LogP contribution in [-0.2, 0) is 6.54 Å². The number of hydrogen-bond donors (Lipinski definition) is 2. The zero-order valence-corrected chi connectivity index (χ0v) is 10.7. The van der Waals surface area contributed by atoms with Crippen LogP contribution in [0.4, 0.5) is 5.82 Å². The van der Waals surface area contributed by atoms with Crippen LogP contribution in [0.3, 0.4) is 0 Å². The molecule has 0 amide bonds. The van der Waals surface area contributed by atoms with Crippen molar-refractivity contribution in [2.45, 2.75) is 40.3 Å². The van der Waals surface area contributed by atoms with Crippen molar-refractivity contribution in [2.75, 3.05) is 11.9 Å². The minimum absolute atomic E-state index is 0.423. The molecule has 0 bridgehead atoms. The van der Waals surface area contributed by atoms with Crippen molar-refractivity contribution in [1.82, 2.24) is 10.3 Å². The fraction of sp³-hybridized carbons (Fsp3) is 0.615. The Bertz CT molecular complexity index is 308. The van der Waals surface area contributed by atoms with E-state index in [9.17, 15) is 0 Å². The second-order valence-corrected chi connectivity index (χ2v) is 4.84. The van der Waals surface area contributed by atoms with Gasteiger partial charge in [0.15, 0.2) is 0 Å². The molecule has 90 valence electrons. The lowest BCUT2D eigenvalue weighted by atomic mass is 10.2. The van der Waals surface area contributed by atoms with Gasteiger partial charge < -0.3 is 10.6 Å². The highest BCUT2D eigenvalue weighted by Crippen LogP contribution is 2.06. The number of aromatic nitrogens is 1. The highest BCUT2D eigenvalue weighted by Gasteiger charge is 1.99. The quantitative estimate of drug-likeness (QED) is 0.775. The number of nitrogens with one attached hydrogen (secondary N) is 2. The Morgan fingerprint density at radius 2 is 1.94 bits per heavy atom. The molecule has 0 saturated carbocycles. The van der Waals surface area contributed by atoms with Crippen molar-refractivity contribution in [2.24, 2.45) is 5.92 Å². The van der Waals surface area contributed by atoms with Gasteiger partial charge in [0.25, 0.3) is 0 Å². The molecule has 3 nitrogen and oxygen atoms in total. The Hall–Kier alpha value is -1.09. The summed E-state index contributed by atoms with van der Waals surface area (Å²) in [7, 11) is 0. The molecule has 0 fully saturated rings. The van der Waals surface area contributed by atoms with E-state index in [1.165, 1.54) is 0 Å². The second kappa shape index (κ2) is 6.48. The van der Waals surface area contributed by atoms with Gasteiger partial charge in [0.1, 0.15) is 5.82 Å². The summed E-state index contributed by atoms with van der Waals surface area (Å²) >= 11 is 0. The van der Waals surface area contributed by atoms with E-state index in [1.54, 1.807) is 0 Å². The van der Waals surface area contributed by atoms with Crippen molar-refractivity contribution in [1.29, 1.82) is 0 Å². The van der Waals surface area contributed by atoms with E-state index in [0.717, 1.165) is 24.6 Å². The smallest absolute Gasteiger partial charge is 0.126 e. The first kappa shape index (κ1) is 13.0. The van der Waals surface area contributed by atoms with E-state index in [2.05, 4.69) is 49.4 Å². The van der Waals surface area contributed by atoms with Crippen molar-refractivity contribution in [3.8, 4) is 0 Å². The Balaban J connectivity index is 2.47. The Morgan fingerprint density at radius 3 is 2.56 bits per heavy atom. The molecule has 0 atom stereocenters. The zero-order chi connectivity index (χ0) is 12.0. The third-order valence-corrected chi connectivity index (χ3v) is 2.10. The monoisotopic (exact) mass is 221 g/mol. The first-order valence-corrected chi connectivity index (χ1v) is 6.01. The molecule has 0 saturated heterocycles. The summed E-state index contributed by atoms with van der Waals surface area (Å²) in [5, 5.41) is 6.70. The van der Waals surface area contributed by atoms with E-state index >= 15 is 0 Å². The van der Waals surface area contributed by atoms with Crippen LogP contribution in [0.2, 0.25) is 0 Å². The lowest BCUT2D eigenvalue weighted by molar-refractivity contribution is 0.548. The lowest BCUT2D eigenvalue weighted by Crippen LogP contribution is -2.20. The molecule has 0 spiro atoms. The molecule has 2 N–H and O–H groups in total. The molecule has 0 aromatic carbocycles. The standard InChI is InChI=1S/C13H23N3/c1-10(2)8-14-9-12-6-5-7-13(16-12)15-11(3)4/h5-7,10-11,14H,8-9H2,1-4H3,(H,15,16). The largest absolute Gasteiger partial charge is 0.368 e. The Morgan fingerprint density at radius 1 is 1.19 bits per heavy atom. The summed E-state index contributed by atoms with van der Waals surface area (Å²) in [5.41, 5.74) is 1.09. The Labute approximate surface area is 98.7 Å². The van der Waals surface area contributed by atoms with Crippen LogP contribution in [-0.4, -0.2) is 17.6 Å². The van der Waals surface area contributed by atoms with Gasteiger partial charge in [-0.2, -0.15) is 0 Å². The maximum absolute atomic E-state index is 4.54. The van der Waals surface area contributed by atoms with Gasteiger partial charge in [0, 0.05) is 12.6 Å². The van der Waals surface area contributed by atoms with Crippen molar-refractivity contribution < 1.29 is 0 Å². The van der Waals surface area contributed by atoms with Crippen molar-refractivity contribution in [3.05, 3.63) is 23.9 Å². The molecule has 0 radical (unpaired) electrons. The Kier molecular flexibility index (Phi) is 5.26. The van der Waals surface area contributed by atoms with E-state index in [1.807, 2.05) is 12.1 Å². The van der Waals surface area contributed by atoms with E-state index in [0.29, 0.717) is 12.0 Å². The number of anilines is 1.